The van der Waals surface area contributed by atoms with Crippen LogP contribution in [0.5, 0.6) is 0 Å². The molecule has 2 amide bonds. The van der Waals surface area contributed by atoms with Gasteiger partial charge in [0, 0.05) is 45.4 Å². The van der Waals surface area contributed by atoms with Crippen molar-refractivity contribution in [3.8, 4) is 11.1 Å². The second-order valence-electron chi connectivity index (χ2n) is 10.2. The van der Waals surface area contributed by atoms with Crippen molar-refractivity contribution in [1.82, 2.24) is 15.1 Å². The number of benzene rings is 4. The van der Waals surface area contributed by atoms with Crippen molar-refractivity contribution < 1.29 is 31.5 Å². The molecule has 0 saturated carbocycles. The van der Waals surface area contributed by atoms with Gasteiger partial charge in [-0.1, -0.05) is 11.6 Å². The molecule has 12 heteroatoms. The Bertz CT molecular complexity index is 1990. The molecular weight excluding hydrogens is 591 g/mol. The molecule has 0 fully saturated rings. The summed E-state index contributed by atoms with van der Waals surface area (Å²) in [6, 6.07) is 11.1. The minimum atomic E-state index is -4.89. The van der Waals surface area contributed by atoms with Crippen molar-refractivity contribution in [2.75, 3.05) is 5.32 Å². The zero-order chi connectivity index (χ0) is 30.8. The van der Waals surface area contributed by atoms with Gasteiger partial charge < -0.3 is 10.6 Å². The highest BCUT2D eigenvalue weighted by atomic mass is 35.5. The highest BCUT2D eigenvalue weighted by Crippen LogP contribution is 2.43. The lowest BCUT2D eigenvalue weighted by molar-refractivity contribution is -0.137. The van der Waals surface area contributed by atoms with E-state index in [1.54, 1.807) is 30.1 Å². The molecule has 0 aliphatic carbocycles. The normalized spacial score (nSPS) is 14.6. The molecule has 6 nitrogen and oxygen atoms in total. The van der Waals surface area contributed by atoms with Crippen molar-refractivity contribution in [2.24, 2.45) is 7.05 Å². The lowest BCUT2D eigenvalue weighted by Crippen LogP contribution is -2.21. The Kier molecular flexibility index (Phi) is 6.72. The van der Waals surface area contributed by atoms with Crippen LogP contribution in [0.2, 0.25) is 5.02 Å². The lowest BCUT2D eigenvalue weighted by Gasteiger charge is -2.19. The van der Waals surface area contributed by atoms with Crippen LogP contribution >= 0.6 is 11.6 Å². The molecule has 218 valence electrons. The molecule has 1 aromatic heterocycles. The third-order valence-corrected chi connectivity index (χ3v) is 7.74. The first-order chi connectivity index (χ1) is 20.3. The molecule has 4 aromatic carbocycles. The average molecular weight is 611 g/mol. The summed E-state index contributed by atoms with van der Waals surface area (Å²) in [6.45, 7) is 1.86. The lowest BCUT2D eigenvalue weighted by atomic mass is 9.91. The molecule has 0 spiro atoms. The van der Waals surface area contributed by atoms with Crippen molar-refractivity contribution in [1.29, 1.82) is 0 Å². The Balaban J connectivity index is 1.54. The van der Waals surface area contributed by atoms with Gasteiger partial charge in [-0.05, 0) is 84.3 Å². The molecule has 2 N–H and O–H groups in total. The van der Waals surface area contributed by atoms with Gasteiger partial charge in [0.15, 0.2) is 0 Å². The summed E-state index contributed by atoms with van der Waals surface area (Å²) in [5, 5.41) is 10.6. The maximum atomic E-state index is 14.3. The molecule has 1 aliphatic heterocycles. The van der Waals surface area contributed by atoms with Gasteiger partial charge in [0.2, 0.25) is 0 Å². The second-order valence-corrected chi connectivity index (χ2v) is 10.6. The average Bonchev–Trinajstić information content (AvgIpc) is 3.47. The number of carbonyl (C=O) groups excluding carboxylic acids is 2. The summed E-state index contributed by atoms with van der Waals surface area (Å²) >= 11 is 6.37. The maximum absolute atomic E-state index is 14.3. The molecule has 5 aromatic rings. The Morgan fingerprint density at radius 1 is 1.00 bits per heavy atom. The van der Waals surface area contributed by atoms with Crippen molar-refractivity contribution in [3.63, 3.8) is 0 Å². The van der Waals surface area contributed by atoms with E-state index >= 15 is 0 Å². The van der Waals surface area contributed by atoms with Crippen LogP contribution in [0.25, 0.3) is 22.0 Å². The van der Waals surface area contributed by atoms with Crippen LogP contribution < -0.4 is 10.6 Å². The standard InChI is InChI=1S/C31H20ClF5N4O2/c1-14-5-17-13-38-41(2)26(17)12-21(14)15-8-23-27(28(40-30(23)43)22-11-19(33)3-4-24(22)32)25(9-15)39-29(42)16-6-18(31(35,36)37)10-20(34)7-16/h3-13,28H,1-2H3,(H,39,42)(H,40,43). The first-order valence-electron chi connectivity index (χ1n) is 12.9. The SMILES string of the molecule is Cc1cc2cnn(C)c2cc1-c1cc(NC(=O)c2cc(F)cc(C(F)(F)F)c2)c2c(c1)C(=O)NC2c1cc(F)ccc1Cl. The topological polar surface area (TPSA) is 76.0 Å². The number of halogens is 6. The summed E-state index contributed by atoms with van der Waals surface area (Å²) in [4.78, 5) is 26.6. The van der Waals surface area contributed by atoms with Gasteiger partial charge in [0.25, 0.3) is 11.8 Å². The zero-order valence-electron chi connectivity index (χ0n) is 22.4. The van der Waals surface area contributed by atoms with Crippen molar-refractivity contribution in [2.45, 2.75) is 19.1 Å². The van der Waals surface area contributed by atoms with E-state index < -0.39 is 46.8 Å². The third kappa shape index (κ3) is 5.10. The largest absolute Gasteiger partial charge is 0.416 e. The molecule has 0 radical (unpaired) electrons. The number of aryl methyl sites for hydroxylation is 2. The van der Waals surface area contributed by atoms with Gasteiger partial charge in [0.05, 0.1) is 23.3 Å². The van der Waals surface area contributed by atoms with Gasteiger partial charge in [-0.3, -0.25) is 14.3 Å². The van der Waals surface area contributed by atoms with Gasteiger partial charge in [0.1, 0.15) is 11.6 Å². The highest BCUT2D eigenvalue weighted by molar-refractivity contribution is 6.31. The van der Waals surface area contributed by atoms with E-state index in [4.69, 9.17) is 11.6 Å². The van der Waals surface area contributed by atoms with E-state index in [2.05, 4.69) is 15.7 Å². The van der Waals surface area contributed by atoms with Crippen molar-refractivity contribution in [3.05, 3.63) is 117 Å². The highest BCUT2D eigenvalue weighted by Gasteiger charge is 2.36. The number of hydrogen-bond donors (Lipinski definition) is 2. The number of hydrogen-bond acceptors (Lipinski definition) is 3. The van der Waals surface area contributed by atoms with Crippen LogP contribution in [0.3, 0.4) is 0 Å². The van der Waals surface area contributed by atoms with Crippen LogP contribution in [0.15, 0.2) is 66.9 Å². The van der Waals surface area contributed by atoms with Crippen LogP contribution in [0, 0.1) is 18.6 Å². The van der Waals surface area contributed by atoms with E-state index in [1.165, 1.54) is 6.07 Å². The van der Waals surface area contributed by atoms with E-state index in [0.29, 0.717) is 23.3 Å². The van der Waals surface area contributed by atoms with Crippen LogP contribution in [-0.4, -0.2) is 21.6 Å². The van der Waals surface area contributed by atoms with Crippen LogP contribution in [0.4, 0.5) is 27.6 Å². The molecule has 1 unspecified atom stereocenters. The zero-order valence-corrected chi connectivity index (χ0v) is 23.2. The predicted molar refractivity (Wildman–Crippen MR) is 151 cm³/mol. The predicted octanol–water partition coefficient (Wildman–Crippen LogP) is 7.58. The number of amides is 2. The van der Waals surface area contributed by atoms with Crippen LogP contribution in [0.1, 0.15) is 49.0 Å². The van der Waals surface area contributed by atoms with Gasteiger partial charge in [-0.2, -0.15) is 18.3 Å². The number of nitrogens with one attached hydrogen (secondary N) is 2. The fourth-order valence-electron chi connectivity index (χ4n) is 5.36. The minimum absolute atomic E-state index is 0.0449. The summed E-state index contributed by atoms with van der Waals surface area (Å²) in [5.41, 5.74) is 1.50. The Morgan fingerprint density at radius 2 is 1.77 bits per heavy atom. The van der Waals surface area contributed by atoms with E-state index in [1.807, 2.05) is 19.1 Å². The number of rotatable bonds is 4. The molecular formula is C31H20ClF5N4O2. The number of fused-ring (bicyclic) bond motifs is 2. The maximum Gasteiger partial charge on any atom is 0.416 e. The van der Waals surface area contributed by atoms with Gasteiger partial charge >= 0.3 is 6.18 Å². The van der Waals surface area contributed by atoms with E-state index in [9.17, 15) is 31.5 Å². The Hall–Kier alpha value is -4.77. The fourth-order valence-corrected chi connectivity index (χ4v) is 5.59. The molecule has 1 aliphatic rings. The summed E-state index contributed by atoms with van der Waals surface area (Å²) < 4.78 is 70.2. The smallest absolute Gasteiger partial charge is 0.341 e. The number of alkyl halides is 3. The van der Waals surface area contributed by atoms with Crippen molar-refractivity contribution >= 4 is 40.0 Å². The molecule has 43 heavy (non-hydrogen) atoms. The molecule has 6 rings (SSSR count). The monoisotopic (exact) mass is 610 g/mol. The summed E-state index contributed by atoms with van der Waals surface area (Å²) in [5.74, 6) is -3.46. The minimum Gasteiger partial charge on any atom is -0.341 e. The number of nitrogens with zero attached hydrogens (tertiary/aromatic N) is 2. The molecule has 2 heterocycles. The second kappa shape index (κ2) is 10.2. The Labute approximate surface area is 246 Å². The van der Waals surface area contributed by atoms with E-state index in [-0.39, 0.29) is 33.5 Å². The molecule has 0 bridgehead atoms. The van der Waals surface area contributed by atoms with Gasteiger partial charge in [-0.25, -0.2) is 8.78 Å². The summed E-state index contributed by atoms with van der Waals surface area (Å²) in [6.07, 6.45) is -3.19. The van der Waals surface area contributed by atoms with Crippen LogP contribution in [-0.2, 0) is 13.2 Å². The third-order valence-electron chi connectivity index (χ3n) is 7.40. The number of carbonyl (C=O) groups is 2. The first kappa shape index (κ1) is 28.4. The summed E-state index contributed by atoms with van der Waals surface area (Å²) in [7, 11) is 1.77. The molecule has 0 saturated heterocycles. The van der Waals surface area contributed by atoms with Gasteiger partial charge in [-0.15, -0.1) is 0 Å². The quantitative estimate of drug-likeness (QED) is 0.206. The number of aromatic nitrogens is 2. The number of anilines is 1. The molecule has 1 atom stereocenters. The fraction of sp³-hybridized carbons (Fsp3) is 0.129. The first-order valence-corrected chi connectivity index (χ1v) is 13.2. The van der Waals surface area contributed by atoms with E-state index in [0.717, 1.165) is 28.6 Å². The Morgan fingerprint density at radius 3 is 2.51 bits per heavy atom.